The molecule has 0 fully saturated rings. The van der Waals surface area contributed by atoms with Gasteiger partial charge in [-0.1, -0.05) is 0 Å². The molecule has 0 saturated heterocycles. The number of methoxy groups -OCH3 is 1. The van der Waals surface area contributed by atoms with E-state index in [2.05, 4.69) is 15.1 Å². The van der Waals surface area contributed by atoms with Gasteiger partial charge in [-0.05, 0) is 4.85 Å². The van der Waals surface area contributed by atoms with Crippen molar-refractivity contribution in [3.8, 4) is 12.5 Å². The Hall–Kier alpha value is -1.76. The van der Waals surface area contributed by atoms with Crippen LogP contribution in [0.4, 0.5) is 11.5 Å². The number of ether oxygens (including phenoxy) is 1. The van der Waals surface area contributed by atoms with Crippen molar-refractivity contribution < 1.29 is 4.74 Å². The molecule has 1 aromatic rings. The predicted molar refractivity (Wildman–Crippen MR) is 48.3 cm³/mol. The lowest BCUT2D eigenvalue weighted by atomic mass is 10.4. The molecule has 1 heterocycles. The minimum Gasteiger partial charge on any atom is -0.481 e. The fourth-order valence-corrected chi connectivity index (χ4v) is 0.836. The lowest BCUT2D eigenvalue weighted by molar-refractivity contribution is 0.398. The Labute approximate surface area is 71.0 Å². The second kappa shape index (κ2) is 3.58. The molecule has 0 aliphatic carbocycles. The molecule has 4 nitrogen and oxygen atoms in total. The molecule has 0 aromatic carbocycles. The van der Waals surface area contributed by atoms with Crippen LogP contribution in [0.5, 0.6) is 5.88 Å². The van der Waals surface area contributed by atoms with Gasteiger partial charge in [0.15, 0.2) is 0 Å². The smallest absolute Gasteiger partial charge is 0.381 e. The van der Waals surface area contributed by atoms with E-state index in [4.69, 9.17) is 11.3 Å². The predicted octanol–water partition coefficient (Wildman–Crippen LogP) is 1.73. The Kier molecular flexibility index (Phi) is 2.49. The molecule has 0 bridgehead atoms. The van der Waals surface area contributed by atoms with Crippen LogP contribution in [0.25, 0.3) is 4.85 Å². The van der Waals surface area contributed by atoms with Gasteiger partial charge in [0, 0.05) is 19.2 Å². The standard InChI is InChI=1S/C8H10N3O/c1-9-6-4-5-7(12-3)11-8(6)10-2/h1,4-5H,2-3H3,(H,10,11)/q+1. The van der Waals surface area contributed by atoms with Gasteiger partial charge < -0.3 is 10.1 Å². The summed E-state index contributed by atoms with van der Waals surface area (Å²) in [5.74, 6) is 1.14. The van der Waals surface area contributed by atoms with Crippen molar-refractivity contribution >= 4 is 11.5 Å². The SMILES string of the molecule is C#[N+]c1ccc(OC)nc1NC. The van der Waals surface area contributed by atoms with Crippen molar-refractivity contribution in [3.63, 3.8) is 0 Å². The molecular weight excluding hydrogens is 154 g/mol. The van der Waals surface area contributed by atoms with Gasteiger partial charge in [-0.2, -0.15) is 4.98 Å². The molecule has 0 aliphatic heterocycles. The average Bonchev–Trinajstić information content (AvgIpc) is 2.16. The Morgan fingerprint density at radius 3 is 2.83 bits per heavy atom. The number of hydrogen-bond donors (Lipinski definition) is 1. The second-order valence-corrected chi connectivity index (χ2v) is 2.10. The molecule has 1 aromatic heterocycles. The molecule has 0 amide bonds. The second-order valence-electron chi connectivity index (χ2n) is 2.10. The van der Waals surface area contributed by atoms with Crippen LogP contribution in [0.1, 0.15) is 0 Å². The molecule has 4 heteroatoms. The highest BCUT2D eigenvalue weighted by Crippen LogP contribution is 2.24. The van der Waals surface area contributed by atoms with Crippen molar-refractivity contribution in [1.29, 1.82) is 0 Å². The van der Waals surface area contributed by atoms with Gasteiger partial charge in [-0.25, -0.2) is 0 Å². The maximum atomic E-state index is 5.12. The maximum Gasteiger partial charge on any atom is 0.381 e. The topological polar surface area (TPSA) is 38.5 Å². The summed E-state index contributed by atoms with van der Waals surface area (Å²) in [7, 11) is 3.30. The van der Waals surface area contributed by atoms with E-state index in [1.54, 1.807) is 26.3 Å². The molecule has 0 radical (unpaired) electrons. The highest BCUT2D eigenvalue weighted by Gasteiger charge is 2.11. The van der Waals surface area contributed by atoms with Crippen LogP contribution in [0.15, 0.2) is 12.1 Å². The first kappa shape index (κ1) is 8.34. The first-order chi connectivity index (χ1) is 5.81. The first-order valence-corrected chi connectivity index (χ1v) is 3.45. The zero-order valence-corrected chi connectivity index (χ0v) is 7.03. The Balaban J connectivity index is 3.13. The Morgan fingerprint density at radius 1 is 1.58 bits per heavy atom. The van der Waals surface area contributed by atoms with Crippen LogP contribution in [0.2, 0.25) is 0 Å². The van der Waals surface area contributed by atoms with Crippen molar-refractivity contribution in [2.24, 2.45) is 0 Å². The van der Waals surface area contributed by atoms with Gasteiger partial charge in [0.25, 0.3) is 6.57 Å². The van der Waals surface area contributed by atoms with Crippen LogP contribution in [-0.2, 0) is 0 Å². The molecule has 0 saturated carbocycles. The quantitative estimate of drug-likeness (QED) is 0.723. The van der Waals surface area contributed by atoms with Gasteiger partial charge in [-0.3, -0.25) is 0 Å². The van der Waals surface area contributed by atoms with E-state index in [1.807, 2.05) is 0 Å². The zero-order valence-electron chi connectivity index (χ0n) is 7.03. The summed E-state index contributed by atoms with van der Waals surface area (Å²) in [6.45, 7) is 5.12. The summed E-state index contributed by atoms with van der Waals surface area (Å²) < 4.78 is 4.92. The minimum atomic E-state index is 0.534. The van der Waals surface area contributed by atoms with E-state index in [0.717, 1.165) is 0 Å². The fraction of sp³-hybridized carbons (Fsp3) is 0.250. The van der Waals surface area contributed by atoms with Crippen LogP contribution in [0.3, 0.4) is 0 Å². The highest BCUT2D eigenvalue weighted by atomic mass is 16.5. The molecule has 62 valence electrons. The van der Waals surface area contributed by atoms with Gasteiger partial charge in [0.1, 0.15) is 0 Å². The molecular formula is C8H10N3O+. The van der Waals surface area contributed by atoms with E-state index < -0.39 is 0 Å². The van der Waals surface area contributed by atoms with Crippen LogP contribution >= 0.6 is 0 Å². The van der Waals surface area contributed by atoms with Gasteiger partial charge in [0.05, 0.1) is 7.11 Å². The number of pyridine rings is 1. The molecule has 0 aliphatic rings. The minimum absolute atomic E-state index is 0.534. The first-order valence-electron chi connectivity index (χ1n) is 3.45. The summed E-state index contributed by atoms with van der Waals surface area (Å²) in [5.41, 5.74) is 0.610. The van der Waals surface area contributed by atoms with Gasteiger partial charge in [0.2, 0.25) is 11.7 Å². The number of anilines is 1. The largest absolute Gasteiger partial charge is 0.481 e. The van der Waals surface area contributed by atoms with Crippen LogP contribution < -0.4 is 10.1 Å². The zero-order chi connectivity index (χ0) is 8.97. The third-order valence-electron chi connectivity index (χ3n) is 1.43. The molecule has 0 unspecified atom stereocenters. The number of nitrogens with zero attached hydrogens (tertiary/aromatic N) is 2. The third kappa shape index (κ3) is 1.45. The fourth-order valence-electron chi connectivity index (χ4n) is 0.836. The normalized spacial score (nSPS) is 8.75. The lowest BCUT2D eigenvalue weighted by Crippen LogP contribution is -1.94. The number of hydrogen-bond acceptors (Lipinski definition) is 3. The van der Waals surface area contributed by atoms with E-state index >= 15 is 0 Å². The van der Waals surface area contributed by atoms with Gasteiger partial charge in [-0.15, -0.1) is 0 Å². The highest BCUT2D eigenvalue weighted by molar-refractivity contribution is 5.66. The Morgan fingerprint density at radius 2 is 2.33 bits per heavy atom. The third-order valence-corrected chi connectivity index (χ3v) is 1.43. The van der Waals surface area contributed by atoms with Crippen molar-refractivity contribution in [2.75, 3.05) is 19.5 Å². The summed E-state index contributed by atoms with van der Waals surface area (Å²) in [5, 5.41) is 2.86. The van der Waals surface area contributed by atoms with E-state index in [1.165, 1.54) is 0 Å². The van der Waals surface area contributed by atoms with Crippen molar-refractivity contribution in [2.45, 2.75) is 0 Å². The molecule has 0 spiro atoms. The van der Waals surface area contributed by atoms with Crippen LogP contribution in [0, 0.1) is 6.57 Å². The van der Waals surface area contributed by atoms with Crippen molar-refractivity contribution in [3.05, 3.63) is 17.0 Å². The molecule has 0 atom stereocenters. The summed E-state index contributed by atoms with van der Waals surface area (Å²) >= 11 is 0. The number of nitrogens with one attached hydrogen (secondary N) is 1. The van der Waals surface area contributed by atoms with E-state index in [9.17, 15) is 0 Å². The lowest BCUT2D eigenvalue weighted by Gasteiger charge is -1.99. The summed E-state index contributed by atoms with van der Waals surface area (Å²) in [6.07, 6.45) is 0. The summed E-state index contributed by atoms with van der Waals surface area (Å²) in [4.78, 5) is 7.61. The van der Waals surface area contributed by atoms with Gasteiger partial charge >= 0.3 is 5.69 Å². The Bertz CT molecular complexity index is 317. The molecule has 1 N–H and O–H groups in total. The van der Waals surface area contributed by atoms with E-state index in [0.29, 0.717) is 17.4 Å². The molecule has 1 rings (SSSR count). The monoisotopic (exact) mass is 164 g/mol. The maximum absolute atomic E-state index is 5.12. The van der Waals surface area contributed by atoms with Crippen LogP contribution in [-0.4, -0.2) is 19.1 Å². The molecule has 12 heavy (non-hydrogen) atoms. The number of aromatic nitrogens is 1. The van der Waals surface area contributed by atoms with Crippen molar-refractivity contribution in [1.82, 2.24) is 4.98 Å². The summed E-state index contributed by atoms with van der Waals surface area (Å²) in [6, 6.07) is 3.43. The van der Waals surface area contributed by atoms with E-state index in [-0.39, 0.29) is 0 Å². The average molecular weight is 164 g/mol. The number of rotatable bonds is 2.